The van der Waals surface area contributed by atoms with Gasteiger partial charge in [-0.3, -0.25) is 0 Å². The largest absolute Gasteiger partial charge is 0.426 e. The number of benzene rings is 1. The van der Waals surface area contributed by atoms with E-state index in [1.54, 1.807) is 6.07 Å². The lowest BCUT2D eigenvalue weighted by atomic mass is 9.80. The highest BCUT2D eigenvalue weighted by Crippen LogP contribution is 2.50. The van der Waals surface area contributed by atoms with Crippen LogP contribution in [-0.2, 0) is 12.1 Å². The Morgan fingerprint density at radius 3 is 2.56 bits per heavy atom. The Labute approximate surface area is 98.8 Å². The molecular formula is C11H9BrF4. The fourth-order valence-electron chi connectivity index (χ4n) is 2.11. The van der Waals surface area contributed by atoms with E-state index in [9.17, 15) is 17.6 Å². The first-order valence-corrected chi connectivity index (χ1v) is 5.68. The molecule has 88 valence electrons. The van der Waals surface area contributed by atoms with E-state index < -0.39 is 18.3 Å². The minimum Gasteiger partial charge on any atom is -0.229 e. The lowest BCUT2D eigenvalue weighted by Crippen LogP contribution is -2.41. The zero-order valence-corrected chi connectivity index (χ0v) is 9.83. The molecule has 1 aromatic rings. The van der Waals surface area contributed by atoms with Crippen molar-refractivity contribution in [3.63, 3.8) is 0 Å². The highest BCUT2D eigenvalue weighted by atomic mass is 79.9. The SMILES string of the molecule is FC(F)(F)C1(F)CCCc2cc(Br)ccc21. The summed E-state index contributed by atoms with van der Waals surface area (Å²) >= 11 is 3.17. The summed E-state index contributed by atoms with van der Waals surface area (Å²) in [6.45, 7) is 0. The number of fused-ring (bicyclic) bond motifs is 1. The number of hydrogen-bond donors (Lipinski definition) is 0. The van der Waals surface area contributed by atoms with E-state index >= 15 is 0 Å². The summed E-state index contributed by atoms with van der Waals surface area (Å²) in [5.41, 5.74) is -2.96. The lowest BCUT2D eigenvalue weighted by Gasteiger charge is -2.33. The van der Waals surface area contributed by atoms with Crippen molar-refractivity contribution in [3.8, 4) is 0 Å². The Morgan fingerprint density at radius 1 is 1.25 bits per heavy atom. The van der Waals surface area contributed by atoms with Gasteiger partial charge in [0.1, 0.15) is 0 Å². The third-order valence-corrected chi connectivity index (χ3v) is 3.40. The molecule has 16 heavy (non-hydrogen) atoms. The smallest absolute Gasteiger partial charge is 0.229 e. The van der Waals surface area contributed by atoms with Crippen molar-refractivity contribution < 1.29 is 17.6 Å². The maximum Gasteiger partial charge on any atom is 0.426 e. The average Bonchev–Trinajstić information content (AvgIpc) is 2.15. The van der Waals surface area contributed by atoms with Gasteiger partial charge in [-0.15, -0.1) is 0 Å². The highest BCUT2D eigenvalue weighted by Gasteiger charge is 2.58. The second-order valence-electron chi connectivity index (χ2n) is 3.95. The van der Waals surface area contributed by atoms with Crippen molar-refractivity contribution in [2.24, 2.45) is 0 Å². The van der Waals surface area contributed by atoms with E-state index in [4.69, 9.17) is 0 Å². The van der Waals surface area contributed by atoms with E-state index in [0.29, 0.717) is 16.5 Å². The molecule has 0 nitrogen and oxygen atoms in total. The van der Waals surface area contributed by atoms with Gasteiger partial charge in [0.15, 0.2) is 0 Å². The molecule has 5 heteroatoms. The average molecular weight is 297 g/mol. The van der Waals surface area contributed by atoms with Crippen molar-refractivity contribution in [3.05, 3.63) is 33.8 Å². The number of rotatable bonds is 0. The first-order chi connectivity index (χ1) is 7.34. The van der Waals surface area contributed by atoms with Gasteiger partial charge >= 0.3 is 6.18 Å². The van der Waals surface area contributed by atoms with Crippen LogP contribution in [0.3, 0.4) is 0 Å². The Balaban J connectivity index is 2.56. The summed E-state index contributed by atoms with van der Waals surface area (Å²) < 4.78 is 52.9. The third-order valence-electron chi connectivity index (χ3n) is 2.91. The Kier molecular flexibility index (Phi) is 2.77. The second-order valence-corrected chi connectivity index (χ2v) is 4.87. The van der Waals surface area contributed by atoms with E-state index in [-0.39, 0.29) is 12.0 Å². The van der Waals surface area contributed by atoms with Crippen LogP contribution in [-0.4, -0.2) is 6.18 Å². The Morgan fingerprint density at radius 2 is 1.94 bits per heavy atom. The number of hydrogen-bond acceptors (Lipinski definition) is 0. The molecule has 0 saturated carbocycles. The van der Waals surface area contributed by atoms with E-state index in [0.717, 1.165) is 0 Å². The van der Waals surface area contributed by atoms with E-state index in [2.05, 4.69) is 15.9 Å². The minimum absolute atomic E-state index is 0.222. The summed E-state index contributed by atoms with van der Waals surface area (Å²) in [5, 5.41) is 0. The van der Waals surface area contributed by atoms with Gasteiger partial charge < -0.3 is 0 Å². The van der Waals surface area contributed by atoms with Crippen LogP contribution in [0.2, 0.25) is 0 Å². The molecule has 0 fully saturated rings. The fraction of sp³-hybridized carbons (Fsp3) is 0.455. The van der Waals surface area contributed by atoms with Crippen LogP contribution in [0.5, 0.6) is 0 Å². The molecule has 0 N–H and O–H groups in total. The zero-order chi connectivity index (χ0) is 12.0. The van der Waals surface area contributed by atoms with E-state index in [1.165, 1.54) is 12.1 Å². The topological polar surface area (TPSA) is 0 Å². The Hall–Kier alpha value is -0.580. The van der Waals surface area contributed by atoms with Crippen LogP contribution in [0.25, 0.3) is 0 Å². The second kappa shape index (κ2) is 3.72. The molecule has 1 aliphatic rings. The molecule has 2 rings (SSSR count). The monoisotopic (exact) mass is 296 g/mol. The van der Waals surface area contributed by atoms with Crippen molar-refractivity contribution in [2.45, 2.75) is 31.1 Å². The minimum atomic E-state index is -4.84. The molecule has 0 spiro atoms. The first-order valence-electron chi connectivity index (χ1n) is 4.89. The van der Waals surface area contributed by atoms with Gasteiger partial charge in [-0.05, 0) is 37.0 Å². The highest BCUT2D eigenvalue weighted by molar-refractivity contribution is 9.10. The van der Waals surface area contributed by atoms with Crippen molar-refractivity contribution in [1.82, 2.24) is 0 Å². The zero-order valence-electron chi connectivity index (χ0n) is 8.24. The maximum atomic E-state index is 14.1. The third kappa shape index (κ3) is 1.75. The van der Waals surface area contributed by atoms with Crippen LogP contribution in [0.15, 0.2) is 22.7 Å². The van der Waals surface area contributed by atoms with Crippen molar-refractivity contribution in [1.29, 1.82) is 0 Å². The molecular weight excluding hydrogens is 288 g/mol. The molecule has 0 aliphatic heterocycles. The summed E-state index contributed by atoms with van der Waals surface area (Å²) in [5.74, 6) is 0. The van der Waals surface area contributed by atoms with Gasteiger partial charge in [0, 0.05) is 10.0 Å². The standard InChI is InChI=1S/C11H9BrF4/c12-8-3-4-9-7(6-8)2-1-5-10(9,13)11(14,15)16/h3-4,6H,1-2,5H2. The van der Waals surface area contributed by atoms with Crippen molar-refractivity contribution in [2.75, 3.05) is 0 Å². The molecule has 0 heterocycles. The van der Waals surface area contributed by atoms with Gasteiger partial charge in [-0.1, -0.05) is 22.0 Å². The van der Waals surface area contributed by atoms with E-state index in [1.807, 2.05) is 0 Å². The summed E-state index contributed by atoms with van der Waals surface area (Å²) in [6.07, 6.45) is -4.60. The van der Waals surface area contributed by atoms with Gasteiger partial charge in [-0.25, -0.2) is 4.39 Å². The normalized spacial score (nSPS) is 25.3. The molecule has 0 amide bonds. The molecule has 1 atom stereocenters. The fourth-order valence-corrected chi connectivity index (χ4v) is 2.52. The number of aryl methyl sites for hydroxylation is 1. The van der Waals surface area contributed by atoms with Gasteiger partial charge in [0.05, 0.1) is 0 Å². The van der Waals surface area contributed by atoms with Gasteiger partial charge in [-0.2, -0.15) is 13.2 Å². The van der Waals surface area contributed by atoms with Crippen LogP contribution in [0, 0.1) is 0 Å². The predicted octanol–water partition coefficient (Wildman–Crippen LogP) is 4.51. The van der Waals surface area contributed by atoms with Crippen LogP contribution < -0.4 is 0 Å². The maximum absolute atomic E-state index is 14.1. The van der Waals surface area contributed by atoms with Gasteiger partial charge in [0.2, 0.25) is 5.67 Å². The first kappa shape index (κ1) is 11.9. The molecule has 0 aromatic heterocycles. The summed E-state index contributed by atoms with van der Waals surface area (Å²) in [6, 6.07) is 4.24. The van der Waals surface area contributed by atoms with Gasteiger partial charge in [0.25, 0.3) is 0 Å². The molecule has 1 aliphatic carbocycles. The number of alkyl halides is 4. The molecule has 0 radical (unpaired) electrons. The quantitative estimate of drug-likeness (QED) is 0.618. The summed E-state index contributed by atoms with van der Waals surface area (Å²) in [4.78, 5) is 0. The Bertz CT molecular complexity index is 413. The molecule has 1 aromatic carbocycles. The van der Waals surface area contributed by atoms with Crippen LogP contribution in [0.4, 0.5) is 17.6 Å². The van der Waals surface area contributed by atoms with Crippen LogP contribution >= 0.6 is 15.9 Å². The molecule has 0 bridgehead atoms. The predicted molar refractivity (Wildman–Crippen MR) is 55.9 cm³/mol. The lowest BCUT2D eigenvalue weighted by molar-refractivity contribution is -0.240. The molecule has 1 unspecified atom stereocenters. The molecule has 0 saturated heterocycles. The van der Waals surface area contributed by atoms with Crippen molar-refractivity contribution >= 4 is 15.9 Å². The summed E-state index contributed by atoms with van der Waals surface area (Å²) in [7, 11) is 0. The number of halogens is 5. The van der Waals surface area contributed by atoms with Crippen LogP contribution in [0.1, 0.15) is 24.0 Å².